The summed E-state index contributed by atoms with van der Waals surface area (Å²) >= 11 is 0. The molecule has 0 aromatic carbocycles. The lowest BCUT2D eigenvalue weighted by Gasteiger charge is -2.17. The summed E-state index contributed by atoms with van der Waals surface area (Å²) in [4.78, 5) is 0. The lowest BCUT2D eigenvalue weighted by Crippen LogP contribution is -1.97. The SMILES string of the molecule is [2H]C([2H])=C1CCC1=C([2H])[2H]. The van der Waals surface area contributed by atoms with Crippen LogP contribution in [0.3, 0.4) is 0 Å². The van der Waals surface area contributed by atoms with Crippen LogP contribution in [-0.2, 0) is 0 Å². The van der Waals surface area contributed by atoms with Gasteiger partial charge in [0, 0.05) is 0 Å². The van der Waals surface area contributed by atoms with Crippen molar-refractivity contribution in [3.8, 4) is 0 Å². The summed E-state index contributed by atoms with van der Waals surface area (Å²) < 4.78 is 27.6. The van der Waals surface area contributed by atoms with E-state index in [4.69, 9.17) is 5.48 Å². The average Bonchev–Trinajstić information content (AvgIpc) is 1.56. The van der Waals surface area contributed by atoms with Gasteiger partial charge in [-0.15, -0.1) is 0 Å². The molecule has 0 heterocycles. The van der Waals surface area contributed by atoms with Crippen LogP contribution in [0, 0.1) is 0 Å². The zero-order chi connectivity index (χ0) is 7.72. The van der Waals surface area contributed by atoms with Crippen molar-refractivity contribution in [3.63, 3.8) is 0 Å². The van der Waals surface area contributed by atoms with Crippen LogP contribution in [0.1, 0.15) is 18.3 Å². The molecule has 0 spiro atoms. The molecular formula is C6H8. The molecule has 6 heavy (non-hydrogen) atoms. The summed E-state index contributed by atoms with van der Waals surface area (Å²) in [6.07, 6.45) is 1.39. The van der Waals surface area contributed by atoms with E-state index < -0.39 is 0 Å². The second-order valence-corrected chi connectivity index (χ2v) is 1.46. The van der Waals surface area contributed by atoms with Gasteiger partial charge in [0.2, 0.25) is 0 Å². The molecule has 0 N–H and O–H groups in total. The summed E-state index contributed by atoms with van der Waals surface area (Å²) in [7, 11) is 0. The van der Waals surface area contributed by atoms with Gasteiger partial charge in [0.15, 0.2) is 0 Å². The highest BCUT2D eigenvalue weighted by molar-refractivity contribution is 5.34. The highest BCUT2D eigenvalue weighted by Gasteiger charge is 2.08. The predicted octanol–water partition coefficient (Wildman–Crippen LogP) is 1.89. The number of hydrogen-bond donors (Lipinski definition) is 0. The van der Waals surface area contributed by atoms with Crippen molar-refractivity contribution in [1.29, 1.82) is 0 Å². The van der Waals surface area contributed by atoms with E-state index in [1.807, 2.05) is 0 Å². The van der Waals surface area contributed by atoms with Gasteiger partial charge in [-0.25, -0.2) is 0 Å². The third kappa shape index (κ3) is 0.298. The fraction of sp³-hybridized carbons (Fsp3) is 0.333. The smallest absolute Gasteiger partial charge is 0.0541 e. The Bertz CT molecular complexity index is 182. The molecular weight excluding hydrogens is 72.1 g/mol. The van der Waals surface area contributed by atoms with E-state index in [9.17, 15) is 0 Å². The second-order valence-electron chi connectivity index (χ2n) is 1.46. The van der Waals surface area contributed by atoms with E-state index in [0.717, 1.165) is 0 Å². The van der Waals surface area contributed by atoms with Gasteiger partial charge < -0.3 is 0 Å². The van der Waals surface area contributed by atoms with E-state index in [2.05, 4.69) is 0 Å². The predicted molar refractivity (Wildman–Crippen MR) is 27.5 cm³/mol. The van der Waals surface area contributed by atoms with Gasteiger partial charge in [-0.3, -0.25) is 0 Å². The number of hydrogen-bond acceptors (Lipinski definition) is 0. The maximum Gasteiger partial charge on any atom is 0.0541 e. The first-order valence-electron chi connectivity index (χ1n) is 3.96. The minimum absolute atomic E-state index is 0.238. The Morgan fingerprint density at radius 1 is 1.33 bits per heavy atom. The van der Waals surface area contributed by atoms with Crippen molar-refractivity contribution in [2.24, 2.45) is 0 Å². The Hall–Kier alpha value is -0.520. The zero-order valence-electron chi connectivity index (χ0n) is 7.41. The molecule has 1 saturated carbocycles. The Kier molecular flexibility index (Phi) is 0.198. The summed E-state index contributed by atoms with van der Waals surface area (Å²) in [6, 6.07) is 0. The quantitative estimate of drug-likeness (QED) is 0.420. The first-order valence-corrected chi connectivity index (χ1v) is 1.96. The average molecular weight is 84.2 g/mol. The summed E-state index contributed by atoms with van der Waals surface area (Å²) in [5, 5.41) is 0. The largest absolute Gasteiger partial charge is 0.0956 e. The van der Waals surface area contributed by atoms with Crippen LogP contribution in [-0.4, -0.2) is 0 Å². The van der Waals surface area contributed by atoms with E-state index in [-0.39, 0.29) is 13.1 Å². The standard InChI is InChI=1S/C6H8/c1-5-3-4-6(5)2/h1-4H2/i1D2,2D2. The minimum atomic E-state index is -0.238. The molecule has 0 atom stereocenters. The molecule has 1 fully saturated rings. The molecule has 0 unspecified atom stereocenters. The van der Waals surface area contributed by atoms with Crippen molar-refractivity contribution in [3.05, 3.63) is 24.2 Å². The highest BCUT2D eigenvalue weighted by Crippen LogP contribution is 2.28. The normalized spacial score (nSPS) is 28.7. The molecule has 0 saturated heterocycles. The Morgan fingerprint density at radius 2 is 1.83 bits per heavy atom. The van der Waals surface area contributed by atoms with E-state index in [0.29, 0.717) is 24.0 Å². The van der Waals surface area contributed by atoms with Gasteiger partial charge in [0.1, 0.15) is 0 Å². The minimum Gasteiger partial charge on any atom is -0.0956 e. The van der Waals surface area contributed by atoms with Gasteiger partial charge in [0.25, 0.3) is 0 Å². The Labute approximate surface area is 43.8 Å². The number of rotatable bonds is 0. The van der Waals surface area contributed by atoms with Gasteiger partial charge in [-0.1, -0.05) is 24.2 Å². The van der Waals surface area contributed by atoms with Crippen molar-refractivity contribution in [2.75, 3.05) is 0 Å². The third-order valence-corrected chi connectivity index (χ3v) is 0.989. The molecule has 0 amide bonds. The highest BCUT2D eigenvalue weighted by atomic mass is 14.1. The monoisotopic (exact) mass is 84.1 g/mol. The van der Waals surface area contributed by atoms with Gasteiger partial charge >= 0.3 is 0 Å². The molecule has 1 rings (SSSR count). The molecule has 0 bridgehead atoms. The molecule has 0 aliphatic heterocycles. The summed E-state index contributed by atoms with van der Waals surface area (Å²) in [6.45, 7) is -0.475. The molecule has 0 nitrogen and oxygen atoms in total. The van der Waals surface area contributed by atoms with Crippen LogP contribution in [0.5, 0.6) is 0 Å². The maximum absolute atomic E-state index is 6.90. The molecule has 0 radical (unpaired) electrons. The van der Waals surface area contributed by atoms with Gasteiger partial charge in [-0.2, -0.15) is 0 Å². The summed E-state index contributed by atoms with van der Waals surface area (Å²) in [5.41, 5.74) is 1.14. The zero-order valence-corrected chi connectivity index (χ0v) is 3.41. The Morgan fingerprint density at radius 3 is 2.00 bits per heavy atom. The first-order chi connectivity index (χ1) is 4.63. The Balaban J connectivity index is 2.89. The number of allylic oxidation sites excluding steroid dienone is 2. The van der Waals surface area contributed by atoms with Crippen LogP contribution in [0.4, 0.5) is 0 Å². The molecule has 0 aromatic heterocycles. The van der Waals surface area contributed by atoms with Crippen molar-refractivity contribution in [2.45, 2.75) is 12.8 Å². The molecule has 0 heteroatoms. The molecule has 1 aliphatic carbocycles. The fourth-order valence-corrected chi connectivity index (χ4v) is 0.375. The van der Waals surface area contributed by atoms with Crippen molar-refractivity contribution < 1.29 is 5.48 Å². The topological polar surface area (TPSA) is 0 Å². The van der Waals surface area contributed by atoms with E-state index in [1.54, 1.807) is 0 Å². The van der Waals surface area contributed by atoms with Crippen LogP contribution in [0.15, 0.2) is 24.2 Å². The summed E-state index contributed by atoms with van der Waals surface area (Å²) in [5.74, 6) is 0. The maximum atomic E-state index is 6.90. The van der Waals surface area contributed by atoms with Crippen LogP contribution in [0.25, 0.3) is 0 Å². The van der Waals surface area contributed by atoms with Crippen LogP contribution in [0.2, 0.25) is 0 Å². The van der Waals surface area contributed by atoms with Gasteiger partial charge in [0.05, 0.1) is 5.48 Å². The fourth-order valence-electron chi connectivity index (χ4n) is 0.375. The van der Waals surface area contributed by atoms with E-state index >= 15 is 0 Å². The molecule has 32 valence electrons. The van der Waals surface area contributed by atoms with Crippen LogP contribution >= 0.6 is 0 Å². The lowest BCUT2D eigenvalue weighted by atomic mass is 9.89. The third-order valence-electron chi connectivity index (χ3n) is 0.989. The molecule has 1 aliphatic rings. The van der Waals surface area contributed by atoms with E-state index in [1.165, 1.54) is 0 Å². The van der Waals surface area contributed by atoms with Crippen molar-refractivity contribution >= 4 is 0 Å². The van der Waals surface area contributed by atoms with Crippen molar-refractivity contribution in [1.82, 2.24) is 0 Å². The second kappa shape index (κ2) is 0.970. The molecule has 0 aromatic rings. The lowest BCUT2D eigenvalue weighted by molar-refractivity contribution is 0.834. The first kappa shape index (κ1) is 1.22. The van der Waals surface area contributed by atoms with Crippen LogP contribution < -0.4 is 0 Å². The van der Waals surface area contributed by atoms with Gasteiger partial charge in [-0.05, 0) is 12.8 Å².